The normalized spacial score (nSPS) is 54.3. The topological polar surface area (TPSA) is 140 Å². The highest BCUT2D eigenvalue weighted by molar-refractivity contribution is 5.35. The fraction of sp³-hybridized carbons (Fsp3) is 0.846. The monoisotopic (exact) mass is 480 g/mol. The van der Waals surface area contributed by atoms with Crippen molar-refractivity contribution in [3.63, 3.8) is 0 Å². The highest BCUT2D eigenvalue weighted by atomic mass is 16.7. The third kappa shape index (κ3) is 3.20. The van der Waals surface area contributed by atoms with Crippen molar-refractivity contribution < 1.29 is 40.1 Å². The lowest BCUT2D eigenvalue weighted by molar-refractivity contribution is -0.321. The molecule has 1 spiro atoms. The molecule has 3 saturated carbocycles. The van der Waals surface area contributed by atoms with E-state index in [0.29, 0.717) is 18.8 Å². The first kappa shape index (κ1) is 24.8. The van der Waals surface area contributed by atoms with Crippen LogP contribution in [-0.2, 0) is 9.47 Å². The summed E-state index contributed by atoms with van der Waals surface area (Å²) < 4.78 is 11.7. The zero-order valence-electron chi connectivity index (χ0n) is 20.3. The molecule has 4 fully saturated rings. The molecule has 8 heteroatoms. The van der Waals surface area contributed by atoms with Gasteiger partial charge in [0.15, 0.2) is 6.29 Å². The number of ether oxygens (including phenoxy) is 2. The summed E-state index contributed by atoms with van der Waals surface area (Å²) in [7, 11) is 0. The molecule has 0 aromatic rings. The molecule has 0 radical (unpaired) electrons. The molecule has 34 heavy (non-hydrogen) atoms. The van der Waals surface area contributed by atoms with Gasteiger partial charge in [0.25, 0.3) is 0 Å². The van der Waals surface area contributed by atoms with Crippen LogP contribution in [0.5, 0.6) is 0 Å². The van der Waals surface area contributed by atoms with Crippen LogP contribution in [0.1, 0.15) is 52.9 Å². The third-order valence-electron chi connectivity index (χ3n) is 10.2. The Kier molecular flexibility index (Phi) is 5.90. The van der Waals surface area contributed by atoms with Crippen molar-refractivity contribution in [3.8, 4) is 0 Å². The van der Waals surface area contributed by atoms with E-state index in [9.17, 15) is 30.6 Å². The summed E-state index contributed by atoms with van der Waals surface area (Å²) in [4.78, 5) is 0. The number of rotatable bonds is 3. The van der Waals surface area contributed by atoms with Gasteiger partial charge in [0.05, 0.1) is 18.8 Å². The lowest BCUT2D eigenvalue weighted by atomic mass is 9.62. The van der Waals surface area contributed by atoms with Crippen LogP contribution < -0.4 is 0 Å². The van der Waals surface area contributed by atoms with Crippen LogP contribution >= 0.6 is 0 Å². The Balaban J connectivity index is 1.45. The molecule has 5 rings (SSSR count). The molecular formula is C26H40O8. The van der Waals surface area contributed by atoms with Gasteiger partial charge in [0.1, 0.15) is 30.0 Å². The number of hydrogen-bond donors (Lipinski definition) is 6. The average molecular weight is 481 g/mol. The van der Waals surface area contributed by atoms with Gasteiger partial charge in [0, 0.05) is 11.3 Å². The standard InChI is InChI=1S/C26H40O8/c1-12-8-25-9-14(12)5-6-15(25)13(2)16-7-19(24(3,4)26(16,32)18(28)10-25)34-23-22(31)21(30)20(29)17(11-27)33-23/h8,14-23,27-32H,2,5-7,9-11H2,1,3-4H3. The Hall–Kier alpha value is -0.840. The lowest BCUT2D eigenvalue weighted by Gasteiger charge is -2.47. The van der Waals surface area contributed by atoms with Gasteiger partial charge in [-0.25, -0.2) is 0 Å². The van der Waals surface area contributed by atoms with E-state index >= 15 is 0 Å². The second-order valence-corrected chi connectivity index (χ2v) is 12.1. The fourth-order valence-corrected chi connectivity index (χ4v) is 8.13. The predicted octanol–water partition coefficient (Wildman–Crippen LogP) is 0.632. The van der Waals surface area contributed by atoms with E-state index in [-0.39, 0.29) is 11.3 Å². The maximum absolute atomic E-state index is 12.2. The zero-order valence-corrected chi connectivity index (χ0v) is 20.3. The van der Waals surface area contributed by atoms with Crippen LogP contribution in [0.4, 0.5) is 0 Å². The molecule has 8 nitrogen and oxygen atoms in total. The first-order valence-corrected chi connectivity index (χ1v) is 12.6. The van der Waals surface area contributed by atoms with E-state index in [1.54, 1.807) is 0 Å². The van der Waals surface area contributed by atoms with E-state index in [1.807, 2.05) is 13.8 Å². The Morgan fingerprint density at radius 3 is 2.44 bits per heavy atom. The van der Waals surface area contributed by atoms with Gasteiger partial charge in [-0.05, 0) is 56.3 Å². The molecule has 0 amide bonds. The molecular weight excluding hydrogens is 440 g/mol. The summed E-state index contributed by atoms with van der Waals surface area (Å²) in [6, 6.07) is 0. The maximum atomic E-state index is 12.2. The molecule has 12 atom stereocenters. The minimum absolute atomic E-state index is 0.173. The second kappa shape index (κ2) is 8.08. The number of fused-ring (bicyclic) bond motifs is 2. The van der Waals surface area contributed by atoms with Crippen LogP contribution in [0, 0.1) is 28.6 Å². The molecule has 0 aromatic carbocycles. The summed E-state index contributed by atoms with van der Waals surface area (Å²) in [6.07, 6.45) is -2.26. The van der Waals surface area contributed by atoms with Gasteiger partial charge >= 0.3 is 0 Å². The Morgan fingerprint density at radius 2 is 1.76 bits per heavy atom. The van der Waals surface area contributed by atoms with E-state index in [2.05, 4.69) is 19.6 Å². The summed E-state index contributed by atoms with van der Waals surface area (Å²) in [6.45, 7) is 9.81. The average Bonchev–Trinajstić information content (AvgIpc) is 3.12. The smallest absolute Gasteiger partial charge is 0.186 e. The number of allylic oxidation sites excluding steroid dienone is 2. The second-order valence-electron chi connectivity index (χ2n) is 12.1. The molecule has 5 aliphatic rings. The molecule has 12 unspecified atom stereocenters. The van der Waals surface area contributed by atoms with Gasteiger partial charge in [-0.15, -0.1) is 0 Å². The van der Waals surface area contributed by atoms with Crippen molar-refractivity contribution in [1.82, 2.24) is 0 Å². The van der Waals surface area contributed by atoms with Gasteiger partial charge in [-0.2, -0.15) is 0 Å². The first-order valence-electron chi connectivity index (χ1n) is 12.6. The summed E-state index contributed by atoms with van der Waals surface area (Å²) in [5.74, 6) is 0.318. The third-order valence-corrected chi connectivity index (χ3v) is 10.2. The zero-order chi connectivity index (χ0) is 24.8. The predicted molar refractivity (Wildman–Crippen MR) is 122 cm³/mol. The van der Waals surface area contributed by atoms with Gasteiger partial charge in [-0.1, -0.05) is 37.6 Å². The Labute approximate surface area is 200 Å². The van der Waals surface area contributed by atoms with Crippen molar-refractivity contribution in [3.05, 3.63) is 23.8 Å². The molecule has 1 heterocycles. The van der Waals surface area contributed by atoms with Gasteiger partial charge < -0.3 is 40.1 Å². The van der Waals surface area contributed by atoms with Crippen molar-refractivity contribution in [1.29, 1.82) is 0 Å². The number of aliphatic hydroxyl groups is 6. The minimum Gasteiger partial charge on any atom is -0.394 e. The Bertz CT molecular complexity index is 869. The van der Waals surface area contributed by atoms with Crippen molar-refractivity contribution in [2.45, 2.75) is 101 Å². The molecule has 192 valence electrons. The molecule has 6 N–H and O–H groups in total. The van der Waals surface area contributed by atoms with Crippen LogP contribution in [-0.4, -0.2) is 85.8 Å². The van der Waals surface area contributed by atoms with E-state index in [0.717, 1.165) is 24.8 Å². The molecule has 0 aromatic heterocycles. The fourth-order valence-electron chi connectivity index (χ4n) is 8.13. The Morgan fingerprint density at radius 1 is 1.06 bits per heavy atom. The van der Waals surface area contributed by atoms with E-state index < -0.39 is 66.5 Å². The SMILES string of the molecule is C=C1C2CCC3CC2(C=C3C)CC(O)C2(O)C1CC(OC1OC(CO)C(O)C(O)C1O)C2(C)C. The summed E-state index contributed by atoms with van der Waals surface area (Å²) in [5, 5.41) is 64.1. The number of aliphatic hydroxyl groups excluding tert-OH is 5. The number of hydrogen-bond acceptors (Lipinski definition) is 8. The van der Waals surface area contributed by atoms with Crippen molar-refractivity contribution >= 4 is 0 Å². The lowest BCUT2D eigenvalue weighted by Crippen LogP contribution is -2.61. The van der Waals surface area contributed by atoms with Gasteiger partial charge in [-0.3, -0.25) is 0 Å². The van der Waals surface area contributed by atoms with Crippen LogP contribution in [0.15, 0.2) is 23.8 Å². The van der Waals surface area contributed by atoms with E-state index in [1.165, 1.54) is 5.57 Å². The highest BCUT2D eigenvalue weighted by Crippen LogP contribution is 2.66. The molecule has 4 aliphatic carbocycles. The van der Waals surface area contributed by atoms with Gasteiger partial charge in [0.2, 0.25) is 0 Å². The van der Waals surface area contributed by atoms with Crippen LogP contribution in [0.2, 0.25) is 0 Å². The van der Waals surface area contributed by atoms with Crippen LogP contribution in [0.25, 0.3) is 0 Å². The molecule has 2 bridgehead atoms. The van der Waals surface area contributed by atoms with Crippen molar-refractivity contribution in [2.24, 2.45) is 28.6 Å². The molecule has 1 aliphatic heterocycles. The summed E-state index contributed by atoms with van der Waals surface area (Å²) in [5.41, 5.74) is -0.261. The van der Waals surface area contributed by atoms with Crippen LogP contribution in [0.3, 0.4) is 0 Å². The largest absolute Gasteiger partial charge is 0.394 e. The van der Waals surface area contributed by atoms with Crippen molar-refractivity contribution in [2.75, 3.05) is 6.61 Å². The minimum atomic E-state index is -1.54. The highest BCUT2D eigenvalue weighted by Gasteiger charge is 2.69. The summed E-state index contributed by atoms with van der Waals surface area (Å²) >= 11 is 0. The van der Waals surface area contributed by atoms with E-state index in [4.69, 9.17) is 9.47 Å². The maximum Gasteiger partial charge on any atom is 0.186 e. The first-order chi connectivity index (χ1) is 15.9. The quantitative estimate of drug-likeness (QED) is 0.323. The molecule has 1 saturated heterocycles.